The number of amides is 1. The molecule has 0 aliphatic heterocycles. The molecule has 2 aromatic heterocycles. The predicted molar refractivity (Wildman–Crippen MR) is 105 cm³/mol. The van der Waals surface area contributed by atoms with E-state index < -0.39 is 0 Å². The van der Waals surface area contributed by atoms with Crippen molar-refractivity contribution in [2.24, 2.45) is 0 Å². The first-order valence-corrected chi connectivity index (χ1v) is 8.87. The second-order valence-corrected chi connectivity index (χ2v) is 7.08. The first-order valence-electron chi connectivity index (χ1n) is 8.05. The molecule has 2 heterocycles. The van der Waals surface area contributed by atoms with Gasteiger partial charge >= 0.3 is 0 Å². The summed E-state index contributed by atoms with van der Waals surface area (Å²) < 4.78 is 5.19. The van der Waals surface area contributed by atoms with Crippen molar-refractivity contribution in [2.75, 3.05) is 31.4 Å². The number of carbonyl (C=O) groups is 1. The van der Waals surface area contributed by atoms with E-state index >= 15 is 0 Å². The van der Waals surface area contributed by atoms with E-state index in [4.69, 9.17) is 4.74 Å². The lowest BCUT2D eigenvalue weighted by Crippen LogP contribution is -2.19. The minimum absolute atomic E-state index is 0.225. The number of rotatable bonds is 5. The molecule has 0 atom stereocenters. The third-order valence-corrected chi connectivity index (χ3v) is 4.72. The molecule has 7 heteroatoms. The van der Waals surface area contributed by atoms with Crippen molar-refractivity contribution in [1.82, 2.24) is 9.97 Å². The summed E-state index contributed by atoms with van der Waals surface area (Å²) in [5, 5.41) is 3.45. The Labute approximate surface area is 156 Å². The maximum absolute atomic E-state index is 12.7. The Morgan fingerprint density at radius 1 is 1.19 bits per heavy atom. The number of hydrogen-bond acceptors (Lipinski definition) is 6. The lowest BCUT2D eigenvalue weighted by molar-refractivity contribution is 0.102. The van der Waals surface area contributed by atoms with Gasteiger partial charge in [-0.05, 0) is 43.3 Å². The molecule has 134 valence electrons. The number of pyridine rings is 1. The van der Waals surface area contributed by atoms with Gasteiger partial charge in [0.15, 0.2) is 5.13 Å². The number of thiazole rings is 1. The Kier molecular flexibility index (Phi) is 5.18. The van der Waals surface area contributed by atoms with Crippen molar-refractivity contribution in [3.05, 3.63) is 53.0 Å². The fraction of sp³-hybridized carbons (Fsp3) is 0.211. The smallest absolute Gasteiger partial charge is 0.261 e. The van der Waals surface area contributed by atoms with Crippen LogP contribution in [0.5, 0.6) is 5.75 Å². The largest absolute Gasteiger partial charge is 0.497 e. The van der Waals surface area contributed by atoms with Gasteiger partial charge in [-0.2, -0.15) is 0 Å². The lowest BCUT2D eigenvalue weighted by Gasteiger charge is -2.14. The highest BCUT2D eigenvalue weighted by atomic mass is 32.1. The number of methoxy groups -OCH3 is 1. The second-order valence-electron chi connectivity index (χ2n) is 5.88. The van der Waals surface area contributed by atoms with E-state index in [1.54, 1.807) is 25.4 Å². The monoisotopic (exact) mass is 368 g/mol. The van der Waals surface area contributed by atoms with Crippen LogP contribution in [-0.2, 0) is 0 Å². The van der Waals surface area contributed by atoms with Gasteiger partial charge in [0.25, 0.3) is 5.91 Å². The van der Waals surface area contributed by atoms with Crippen molar-refractivity contribution in [2.45, 2.75) is 6.92 Å². The molecule has 3 rings (SSSR count). The average molecular weight is 368 g/mol. The van der Waals surface area contributed by atoms with Gasteiger partial charge in [-0.3, -0.25) is 10.1 Å². The first-order chi connectivity index (χ1) is 12.5. The number of ether oxygens (including phenoxy) is 1. The van der Waals surface area contributed by atoms with Gasteiger partial charge < -0.3 is 9.64 Å². The molecule has 1 amide bonds. The third kappa shape index (κ3) is 3.67. The Morgan fingerprint density at radius 2 is 1.92 bits per heavy atom. The van der Waals surface area contributed by atoms with Crippen molar-refractivity contribution >= 4 is 28.2 Å². The number of carbonyl (C=O) groups excluding carboxylic acids is 1. The van der Waals surface area contributed by atoms with Gasteiger partial charge in [0.1, 0.15) is 11.6 Å². The minimum Gasteiger partial charge on any atom is -0.497 e. The van der Waals surface area contributed by atoms with Crippen LogP contribution in [-0.4, -0.2) is 37.1 Å². The van der Waals surface area contributed by atoms with Crippen molar-refractivity contribution in [1.29, 1.82) is 0 Å². The van der Waals surface area contributed by atoms with E-state index in [2.05, 4.69) is 15.3 Å². The van der Waals surface area contributed by atoms with Gasteiger partial charge in [-0.15, -0.1) is 11.3 Å². The summed E-state index contributed by atoms with van der Waals surface area (Å²) in [6.07, 6.45) is 1.67. The summed E-state index contributed by atoms with van der Waals surface area (Å²) in [6, 6.07) is 11.2. The van der Waals surface area contributed by atoms with E-state index in [9.17, 15) is 4.79 Å². The van der Waals surface area contributed by atoms with Crippen LogP contribution in [0.2, 0.25) is 0 Å². The highest BCUT2D eigenvalue weighted by molar-refractivity contribution is 7.16. The molecule has 0 radical (unpaired) electrons. The van der Waals surface area contributed by atoms with E-state index in [-0.39, 0.29) is 5.91 Å². The van der Waals surface area contributed by atoms with Gasteiger partial charge in [0.2, 0.25) is 0 Å². The zero-order valence-corrected chi connectivity index (χ0v) is 15.9. The van der Waals surface area contributed by atoms with E-state index in [1.165, 1.54) is 11.3 Å². The van der Waals surface area contributed by atoms with E-state index in [1.807, 2.05) is 50.2 Å². The molecule has 0 aliphatic carbocycles. The zero-order valence-electron chi connectivity index (χ0n) is 15.1. The predicted octanol–water partition coefficient (Wildman–Crippen LogP) is 3.84. The number of hydrogen-bond donors (Lipinski definition) is 1. The number of nitrogens with zero attached hydrogens (tertiary/aromatic N) is 3. The summed E-state index contributed by atoms with van der Waals surface area (Å²) in [5.74, 6) is 1.19. The van der Waals surface area contributed by atoms with Gasteiger partial charge in [0, 0.05) is 30.7 Å². The molecule has 6 nitrogen and oxygen atoms in total. The van der Waals surface area contributed by atoms with Crippen LogP contribution >= 0.6 is 11.3 Å². The van der Waals surface area contributed by atoms with Crippen LogP contribution in [0.4, 0.5) is 10.9 Å². The second kappa shape index (κ2) is 7.53. The fourth-order valence-electron chi connectivity index (χ4n) is 2.56. The summed E-state index contributed by atoms with van der Waals surface area (Å²) in [4.78, 5) is 24.3. The fourth-order valence-corrected chi connectivity index (χ4v) is 3.39. The number of aryl methyl sites for hydroxylation is 1. The number of nitrogens with one attached hydrogen (secondary N) is 1. The first kappa shape index (κ1) is 17.9. The number of anilines is 2. The van der Waals surface area contributed by atoms with E-state index in [0.717, 1.165) is 21.9 Å². The van der Waals surface area contributed by atoms with Crippen molar-refractivity contribution in [3.8, 4) is 17.0 Å². The van der Waals surface area contributed by atoms with Crippen molar-refractivity contribution < 1.29 is 9.53 Å². The molecular formula is C19H20N4O2S. The molecule has 1 N–H and O–H groups in total. The molecule has 0 saturated heterocycles. The summed E-state index contributed by atoms with van der Waals surface area (Å²) in [6.45, 7) is 1.99. The van der Waals surface area contributed by atoms with Gasteiger partial charge in [0.05, 0.1) is 18.4 Å². The quantitative estimate of drug-likeness (QED) is 0.741. The standard InChI is InChI=1S/C19H20N4O2S/c1-12-16(13-7-9-14(25-4)10-8-13)21-19(26-12)22-18(24)15-6-5-11-20-17(15)23(2)3/h5-11H,1-4H3,(H,21,22,24). The summed E-state index contributed by atoms with van der Waals surface area (Å²) >= 11 is 1.45. The number of aromatic nitrogens is 2. The number of benzene rings is 1. The molecule has 0 unspecified atom stereocenters. The molecule has 3 aromatic rings. The molecule has 26 heavy (non-hydrogen) atoms. The summed E-state index contributed by atoms with van der Waals surface area (Å²) in [5.41, 5.74) is 2.35. The van der Waals surface area contributed by atoms with Crippen LogP contribution in [0, 0.1) is 6.92 Å². The maximum Gasteiger partial charge on any atom is 0.261 e. The van der Waals surface area contributed by atoms with Crippen LogP contribution in [0.15, 0.2) is 42.6 Å². The highest BCUT2D eigenvalue weighted by Crippen LogP contribution is 2.31. The minimum atomic E-state index is -0.225. The average Bonchev–Trinajstić information content (AvgIpc) is 3.01. The molecule has 0 aliphatic rings. The Hall–Kier alpha value is -2.93. The Balaban J connectivity index is 1.84. The maximum atomic E-state index is 12.7. The van der Waals surface area contributed by atoms with Crippen molar-refractivity contribution in [3.63, 3.8) is 0 Å². The molecular weight excluding hydrogens is 348 g/mol. The molecule has 0 bridgehead atoms. The zero-order chi connectivity index (χ0) is 18.7. The topological polar surface area (TPSA) is 67.3 Å². The Morgan fingerprint density at radius 3 is 2.58 bits per heavy atom. The summed E-state index contributed by atoms with van der Waals surface area (Å²) in [7, 11) is 5.35. The Bertz CT molecular complexity index is 920. The third-order valence-electron chi connectivity index (χ3n) is 3.84. The van der Waals surface area contributed by atoms with Crippen LogP contribution in [0.3, 0.4) is 0 Å². The molecule has 0 fully saturated rings. The molecule has 0 spiro atoms. The van der Waals surface area contributed by atoms with Gasteiger partial charge in [-0.25, -0.2) is 9.97 Å². The van der Waals surface area contributed by atoms with Crippen LogP contribution < -0.4 is 15.0 Å². The lowest BCUT2D eigenvalue weighted by atomic mass is 10.1. The van der Waals surface area contributed by atoms with Crippen LogP contribution in [0.25, 0.3) is 11.3 Å². The van der Waals surface area contributed by atoms with Gasteiger partial charge in [-0.1, -0.05) is 0 Å². The molecule has 1 aromatic carbocycles. The van der Waals surface area contributed by atoms with E-state index in [0.29, 0.717) is 16.5 Å². The normalized spacial score (nSPS) is 10.5. The molecule has 0 saturated carbocycles. The van der Waals surface area contributed by atoms with Crippen LogP contribution in [0.1, 0.15) is 15.2 Å². The highest BCUT2D eigenvalue weighted by Gasteiger charge is 2.17. The SMILES string of the molecule is COc1ccc(-c2nc(NC(=O)c3cccnc3N(C)C)sc2C)cc1.